The number of nitrogens with one attached hydrogen (secondary N) is 1. The summed E-state index contributed by atoms with van der Waals surface area (Å²) in [7, 11) is 1.76. The first-order chi connectivity index (χ1) is 12.6. The monoisotopic (exact) mass is 367 g/mol. The number of hydrogen-bond acceptors (Lipinski definition) is 4. The van der Waals surface area contributed by atoms with Gasteiger partial charge in [-0.15, -0.1) is 11.3 Å². The fourth-order valence-electron chi connectivity index (χ4n) is 2.45. The summed E-state index contributed by atoms with van der Waals surface area (Å²) in [5, 5.41) is 5.90. The Hall–Kier alpha value is -2.86. The van der Waals surface area contributed by atoms with Gasteiger partial charge in [-0.25, -0.2) is 9.78 Å². The second-order valence-corrected chi connectivity index (χ2v) is 7.00. The van der Waals surface area contributed by atoms with E-state index in [9.17, 15) is 4.79 Å². The van der Waals surface area contributed by atoms with Crippen LogP contribution in [0.25, 0.3) is 0 Å². The highest BCUT2D eigenvalue weighted by Crippen LogP contribution is 2.21. The Balaban J connectivity index is 1.54. The van der Waals surface area contributed by atoms with Crippen LogP contribution in [0.1, 0.15) is 16.3 Å². The van der Waals surface area contributed by atoms with Crippen molar-refractivity contribution in [2.75, 3.05) is 7.05 Å². The Kier molecular flexibility index (Phi) is 5.86. The number of carbonyl (C=O) groups excluding carboxylic acids is 1. The highest BCUT2D eigenvalue weighted by atomic mass is 32.1. The maximum absolute atomic E-state index is 12.3. The van der Waals surface area contributed by atoms with Crippen LogP contribution in [0, 0.1) is 6.92 Å². The smallest absolute Gasteiger partial charge is 0.317 e. The standard InChI is InChI=1S/C20H21N3O2S/c1-15-22-17(14-26-15)13-23(2)20(24)21-12-16-7-6-10-19(11-16)25-18-8-4-3-5-9-18/h3-11,14H,12-13H2,1-2H3,(H,21,24). The van der Waals surface area contributed by atoms with Crippen molar-refractivity contribution in [1.82, 2.24) is 15.2 Å². The van der Waals surface area contributed by atoms with E-state index in [1.54, 1.807) is 23.3 Å². The molecule has 3 aromatic rings. The lowest BCUT2D eigenvalue weighted by molar-refractivity contribution is 0.206. The summed E-state index contributed by atoms with van der Waals surface area (Å²) in [5.41, 5.74) is 1.88. The average Bonchev–Trinajstić information content (AvgIpc) is 3.05. The van der Waals surface area contributed by atoms with E-state index in [1.807, 2.05) is 66.9 Å². The first-order valence-corrected chi connectivity index (χ1v) is 9.20. The third kappa shape index (κ3) is 5.07. The average molecular weight is 367 g/mol. The molecule has 5 nitrogen and oxygen atoms in total. The van der Waals surface area contributed by atoms with Crippen molar-refractivity contribution in [2.45, 2.75) is 20.0 Å². The number of urea groups is 1. The molecular formula is C20H21N3O2S. The van der Waals surface area contributed by atoms with Gasteiger partial charge >= 0.3 is 6.03 Å². The maximum atomic E-state index is 12.3. The van der Waals surface area contributed by atoms with Crippen LogP contribution in [0.4, 0.5) is 4.79 Å². The molecule has 0 saturated heterocycles. The van der Waals surface area contributed by atoms with Gasteiger partial charge in [-0.3, -0.25) is 0 Å². The molecule has 0 aliphatic rings. The van der Waals surface area contributed by atoms with Gasteiger partial charge in [0, 0.05) is 19.0 Å². The molecule has 0 atom stereocenters. The fourth-order valence-corrected chi connectivity index (χ4v) is 3.06. The molecule has 0 saturated carbocycles. The van der Waals surface area contributed by atoms with Crippen LogP contribution in [0.3, 0.4) is 0 Å². The van der Waals surface area contributed by atoms with Crippen LogP contribution < -0.4 is 10.1 Å². The van der Waals surface area contributed by atoms with Crippen LogP contribution in [-0.4, -0.2) is 23.0 Å². The summed E-state index contributed by atoms with van der Waals surface area (Å²) >= 11 is 1.59. The molecule has 26 heavy (non-hydrogen) atoms. The zero-order valence-corrected chi connectivity index (χ0v) is 15.6. The minimum atomic E-state index is -0.134. The number of carbonyl (C=O) groups is 1. The van der Waals surface area contributed by atoms with Crippen molar-refractivity contribution >= 4 is 17.4 Å². The molecule has 1 N–H and O–H groups in total. The van der Waals surface area contributed by atoms with E-state index in [1.165, 1.54) is 0 Å². The minimum absolute atomic E-state index is 0.134. The molecule has 3 rings (SSSR count). The van der Waals surface area contributed by atoms with Gasteiger partial charge in [-0.1, -0.05) is 30.3 Å². The number of aryl methyl sites for hydroxylation is 1. The lowest BCUT2D eigenvalue weighted by Crippen LogP contribution is -2.36. The minimum Gasteiger partial charge on any atom is -0.457 e. The van der Waals surface area contributed by atoms with Gasteiger partial charge in [0.05, 0.1) is 17.2 Å². The highest BCUT2D eigenvalue weighted by Gasteiger charge is 2.10. The number of amides is 2. The lowest BCUT2D eigenvalue weighted by Gasteiger charge is -2.17. The molecule has 1 aromatic heterocycles. The first kappa shape index (κ1) is 17.9. The van der Waals surface area contributed by atoms with Crippen LogP contribution in [-0.2, 0) is 13.1 Å². The Bertz CT molecular complexity index is 864. The number of benzene rings is 2. The van der Waals surface area contributed by atoms with E-state index in [2.05, 4.69) is 10.3 Å². The Morgan fingerprint density at radius 1 is 1.15 bits per heavy atom. The molecule has 0 aliphatic carbocycles. The van der Waals surface area contributed by atoms with Gasteiger partial charge in [0.1, 0.15) is 11.5 Å². The summed E-state index contributed by atoms with van der Waals surface area (Å²) in [5.74, 6) is 1.53. The van der Waals surface area contributed by atoms with Crippen molar-refractivity contribution in [1.29, 1.82) is 0 Å². The summed E-state index contributed by atoms with van der Waals surface area (Å²) in [6, 6.07) is 17.2. The second-order valence-electron chi connectivity index (χ2n) is 5.94. The molecule has 1 heterocycles. The van der Waals surface area contributed by atoms with Crippen molar-refractivity contribution in [3.63, 3.8) is 0 Å². The molecule has 2 aromatic carbocycles. The number of nitrogens with zero attached hydrogens (tertiary/aromatic N) is 2. The zero-order chi connectivity index (χ0) is 18.4. The zero-order valence-electron chi connectivity index (χ0n) is 14.8. The van der Waals surface area contributed by atoms with Gasteiger partial charge in [-0.05, 0) is 36.8 Å². The summed E-state index contributed by atoms with van der Waals surface area (Å²) in [6.45, 7) is 2.89. The molecular weight excluding hydrogens is 346 g/mol. The summed E-state index contributed by atoms with van der Waals surface area (Å²) in [6.07, 6.45) is 0. The molecule has 0 radical (unpaired) electrons. The van der Waals surface area contributed by atoms with E-state index >= 15 is 0 Å². The van der Waals surface area contributed by atoms with Gasteiger partial charge in [0.2, 0.25) is 0 Å². The molecule has 134 valence electrons. The normalized spacial score (nSPS) is 10.4. The first-order valence-electron chi connectivity index (χ1n) is 8.32. The van der Waals surface area contributed by atoms with Crippen molar-refractivity contribution in [3.8, 4) is 11.5 Å². The quantitative estimate of drug-likeness (QED) is 0.693. The number of para-hydroxylation sites is 1. The van der Waals surface area contributed by atoms with E-state index in [-0.39, 0.29) is 6.03 Å². The Morgan fingerprint density at radius 3 is 2.65 bits per heavy atom. The summed E-state index contributed by atoms with van der Waals surface area (Å²) in [4.78, 5) is 18.3. The number of ether oxygens (including phenoxy) is 1. The Morgan fingerprint density at radius 2 is 1.92 bits per heavy atom. The highest BCUT2D eigenvalue weighted by molar-refractivity contribution is 7.09. The van der Waals surface area contributed by atoms with Crippen molar-refractivity contribution < 1.29 is 9.53 Å². The van der Waals surface area contributed by atoms with Gasteiger partial charge in [-0.2, -0.15) is 0 Å². The van der Waals surface area contributed by atoms with E-state index in [4.69, 9.17) is 4.74 Å². The predicted octanol–water partition coefficient (Wildman–Crippen LogP) is 4.59. The lowest BCUT2D eigenvalue weighted by atomic mass is 10.2. The van der Waals surface area contributed by atoms with E-state index in [0.29, 0.717) is 13.1 Å². The number of thiazole rings is 1. The molecule has 0 unspecified atom stereocenters. The van der Waals surface area contributed by atoms with Gasteiger partial charge in [0.25, 0.3) is 0 Å². The molecule has 0 spiro atoms. The van der Waals surface area contributed by atoms with E-state index in [0.717, 1.165) is 27.8 Å². The van der Waals surface area contributed by atoms with Crippen molar-refractivity contribution in [2.24, 2.45) is 0 Å². The SMILES string of the molecule is Cc1nc(CN(C)C(=O)NCc2cccc(Oc3ccccc3)c2)cs1. The van der Waals surface area contributed by atoms with Gasteiger partial charge in [0.15, 0.2) is 0 Å². The second kappa shape index (κ2) is 8.49. The van der Waals surface area contributed by atoms with Gasteiger partial charge < -0.3 is 15.0 Å². The van der Waals surface area contributed by atoms with Crippen LogP contribution in [0.5, 0.6) is 11.5 Å². The molecule has 0 bridgehead atoms. The maximum Gasteiger partial charge on any atom is 0.317 e. The number of rotatable bonds is 6. The summed E-state index contributed by atoms with van der Waals surface area (Å²) < 4.78 is 5.82. The third-order valence-corrected chi connectivity index (χ3v) is 4.56. The van der Waals surface area contributed by atoms with Crippen LogP contribution in [0.2, 0.25) is 0 Å². The largest absolute Gasteiger partial charge is 0.457 e. The molecule has 6 heteroatoms. The van der Waals surface area contributed by atoms with E-state index < -0.39 is 0 Å². The third-order valence-electron chi connectivity index (χ3n) is 3.73. The van der Waals surface area contributed by atoms with Crippen LogP contribution in [0.15, 0.2) is 60.0 Å². The van der Waals surface area contributed by atoms with Crippen LogP contribution >= 0.6 is 11.3 Å². The molecule has 2 amide bonds. The molecule has 0 aliphatic heterocycles. The van der Waals surface area contributed by atoms with Crippen molar-refractivity contribution in [3.05, 3.63) is 76.2 Å². The Labute approximate surface area is 157 Å². The molecule has 0 fully saturated rings. The number of aromatic nitrogens is 1. The number of hydrogen-bond donors (Lipinski definition) is 1. The fraction of sp³-hybridized carbons (Fsp3) is 0.200. The predicted molar refractivity (Wildman–Crippen MR) is 104 cm³/mol. The topological polar surface area (TPSA) is 54.5 Å².